The summed E-state index contributed by atoms with van der Waals surface area (Å²) >= 11 is 0. The van der Waals surface area contributed by atoms with Crippen LogP contribution in [0.5, 0.6) is 5.95 Å². The topological polar surface area (TPSA) is 39.4 Å². The highest BCUT2D eigenvalue weighted by Gasteiger charge is 2.14. The molecule has 0 amide bonds. The van der Waals surface area contributed by atoms with Crippen molar-refractivity contribution in [3.63, 3.8) is 0 Å². The van der Waals surface area contributed by atoms with E-state index in [9.17, 15) is 4.79 Å². The van der Waals surface area contributed by atoms with Crippen LogP contribution in [0.25, 0.3) is 0 Å². The first-order valence-corrected chi connectivity index (χ1v) is 5.56. The second-order valence-electron chi connectivity index (χ2n) is 4.09. The van der Waals surface area contributed by atoms with Crippen LogP contribution in [0.1, 0.15) is 42.7 Å². The number of hydrogen-bond donors (Lipinski definition) is 0. The molecular weight excluding hydrogens is 192 g/mol. The van der Waals surface area contributed by atoms with Crippen LogP contribution in [0.15, 0.2) is 16.5 Å². The highest BCUT2D eigenvalue weighted by atomic mass is 16.6. The van der Waals surface area contributed by atoms with Gasteiger partial charge in [0.05, 0.1) is 6.61 Å². The molecule has 0 spiro atoms. The van der Waals surface area contributed by atoms with Crippen LogP contribution in [0.4, 0.5) is 0 Å². The van der Waals surface area contributed by atoms with Crippen molar-refractivity contribution in [1.82, 2.24) is 0 Å². The molecule has 0 aliphatic heterocycles. The Balaban J connectivity index is 1.79. The van der Waals surface area contributed by atoms with E-state index >= 15 is 0 Å². The van der Waals surface area contributed by atoms with Crippen molar-refractivity contribution < 1.29 is 13.9 Å². The van der Waals surface area contributed by atoms with Gasteiger partial charge in [-0.05, 0) is 24.8 Å². The lowest BCUT2D eigenvalue weighted by molar-refractivity contribution is 0.108. The highest BCUT2D eigenvalue weighted by Crippen LogP contribution is 2.25. The lowest BCUT2D eigenvalue weighted by Gasteiger charge is -2.20. The summed E-state index contributed by atoms with van der Waals surface area (Å²) in [7, 11) is 0. The molecule has 1 heterocycles. The molecule has 3 heteroatoms. The lowest BCUT2D eigenvalue weighted by atomic mass is 9.90. The molecule has 1 saturated carbocycles. The van der Waals surface area contributed by atoms with Gasteiger partial charge in [-0.25, -0.2) is 0 Å². The normalized spacial score (nSPS) is 17.6. The van der Waals surface area contributed by atoms with Crippen LogP contribution >= 0.6 is 0 Å². The fourth-order valence-corrected chi connectivity index (χ4v) is 2.03. The molecule has 82 valence electrons. The van der Waals surface area contributed by atoms with Crippen LogP contribution in [0.2, 0.25) is 0 Å². The molecular formula is C12H16O3. The zero-order valence-electron chi connectivity index (χ0n) is 8.78. The van der Waals surface area contributed by atoms with Crippen molar-refractivity contribution in [3.05, 3.63) is 17.9 Å². The first kappa shape index (κ1) is 10.3. The molecule has 2 rings (SSSR count). The first-order chi connectivity index (χ1) is 7.38. The van der Waals surface area contributed by atoms with Crippen molar-refractivity contribution in [1.29, 1.82) is 0 Å². The molecule has 1 aromatic rings. The molecule has 0 aromatic carbocycles. The van der Waals surface area contributed by atoms with E-state index in [0.717, 1.165) is 0 Å². The van der Waals surface area contributed by atoms with E-state index in [1.807, 2.05) is 0 Å². The van der Waals surface area contributed by atoms with Gasteiger partial charge in [-0.3, -0.25) is 4.79 Å². The Bertz CT molecular complexity index is 310. The summed E-state index contributed by atoms with van der Waals surface area (Å²) in [6.45, 7) is 0.714. The number of carbonyl (C=O) groups is 1. The number of rotatable bonds is 4. The molecule has 1 aliphatic carbocycles. The highest BCUT2D eigenvalue weighted by molar-refractivity contribution is 5.70. The number of aldehydes is 1. The molecule has 0 unspecified atom stereocenters. The second-order valence-corrected chi connectivity index (χ2v) is 4.09. The fourth-order valence-electron chi connectivity index (χ4n) is 2.03. The third-order valence-electron chi connectivity index (χ3n) is 2.90. The van der Waals surface area contributed by atoms with Crippen molar-refractivity contribution in [2.75, 3.05) is 6.61 Å². The number of furan rings is 1. The largest absolute Gasteiger partial charge is 0.465 e. The van der Waals surface area contributed by atoms with Gasteiger partial charge in [-0.1, -0.05) is 19.3 Å². The predicted molar refractivity (Wildman–Crippen MR) is 56.2 cm³/mol. The van der Waals surface area contributed by atoms with Gasteiger partial charge in [0.25, 0.3) is 5.95 Å². The molecule has 1 fully saturated rings. The Labute approximate surface area is 89.4 Å². The number of carbonyl (C=O) groups excluding carboxylic acids is 1. The fraction of sp³-hybridized carbons (Fsp3) is 0.583. The molecule has 1 aliphatic rings. The van der Waals surface area contributed by atoms with Gasteiger partial charge in [0, 0.05) is 6.07 Å². The van der Waals surface area contributed by atoms with Gasteiger partial charge in [0.1, 0.15) is 0 Å². The van der Waals surface area contributed by atoms with Gasteiger partial charge < -0.3 is 9.15 Å². The first-order valence-electron chi connectivity index (χ1n) is 5.56. The summed E-state index contributed by atoms with van der Waals surface area (Å²) in [5.41, 5.74) is 0. The molecule has 0 radical (unpaired) electrons. The maximum absolute atomic E-state index is 10.4. The van der Waals surface area contributed by atoms with E-state index in [4.69, 9.17) is 9.15 Å². The third-order valence-corrected chi connectivity index (χ3v) is 2.90. The monoisotopic (exact) mass is 208 g/mol. The zero-order chi connectivity index (χ0) is 10.5. The Morgan fingerprint density at radius 1 is 1.33 bits per heavy atom. The Morgan fingerprint density at radius 3 is 2.80 bits per heavy atom. The maximum atomic E-state index is 10.4. The van der Waals surface area contributed by atoms with E-state index in [-0.39, 0.29) is 0 Å². The average molecular weight is 208 g/mol. The molecule has 3 nitrogen and oxygen atoms in total. The molecule has 0 atom stereocenters. The third kappa shape index (κ3) is 2.85. The van der Waals surface area contributed by atoms with Gasteiger partial charge in [0.2, 0.25) is 0 Å². The maximum Gasteiger partial charge on any atom is 0.284 e. The van der Waals surface area contributed by atoms with Gasteiger partial charge in [-0.15, -0.1) is 0 Å². The smallest absolute Gasteiger partial charge is 0.284 e. The van der Waals surface area contributed by atoms with E-state index in [1.165, 1.54) is 32.1 Å². The average Bonchev–Trinajstić information content (AvgIpc) is 2.76. The van der Waals surface area contributed by atoms with Crippen LogP contribution in [0, 0.1) is 5.92 Å². The Kier molecular flexibility index (Phi) is 3.43. The van der Waals surface area contributed by atoms with Crippen molar-refractivity contribution in [2.24, 2.45) is 5.92 Å². The summed E-state index contributed by atoms with van der Waals surface area (Å²) in [6.07, 6.45) is 7.17. The Morgan fingerprint density at radius 2 is 2.13 bits per heavy atom. The predicted octanol–water partition coefficient (Wildman–Crippen LogP) is 3.05. The minimum absolute atomic E-state index is 0.327. The number of hydrogen-bond acceptors (Lipinski definition) is 3. The van der Waals surface area contributed by atoms with Crippen molar-refractivity contribution in [3.8, 4) is 5.95 Å². The second kappa shape index (κ2) is 5.01. The van der Waals surface area contributed by atoms with Crippen LogP contribution < -0.4 is 4.74 Å². The van der Waals surface area contributed by atoms with Crippen LogP contribution in [-0.4, -0.2) is 12.9 Å². The summed E-state index contributed by atoms with van der Waals surface area (Å²) in [5.74, 6) is 1.44. The minimum atomic E-state index is 0.327. The van der Waals surface area contributed by atoms with Crippen LogP contribution in [-0.2, 0) is 0 Å². The van der Waals surface area contributed by atoms with Gasteiger partial charge in [-0.2, -0.15) is 0 Å². The van der Waals surface area contributed by atoms with Crippen molar-refractivity contribution in [2.45, 2.75) is 32.1 Å². The lowest BCUT2D eigenvalue weighted by Crippen LogP contribution is -2.14. The standard InChI is InChI=1S/C12H16O3/c13-8-11-6-7-12(15-11)14-9-10-4-2-1-3-5-10/h6-8,10H,1-5,9H2. The molecule has 1 aromatic heterocycles. The summed E-state index contributed by atoms with van der Waals surface area (Å²) in [4.78, 5) is 10.4. The van der Waals surface area contributed by atoms with Gasteiger partial charge >= 0.3 is 0 Å². The quantitative estimate of drug-likeness (QED) is 0.714. The van der Waals surface area contributed by atoms with E-state index < -0.39 is 0 Å². The van der Waals surface area contributed by atoms with E-state index in [2.05, 4.69) is 0 Å². The van der Waals surface area contributed by atoms with E-state index in [1.54, 1.807) is 12.1 Å². The molecule has 0 N–H and O–H groups in total. The molecule has 15 heavy (non-hydrogen) atoms. The van der Waals surface area contributed by atoms with Crippen LogP contribution in [0.3, 0.4) is 0 Å². The molecule has 0 bridgehead atoms. The summed E-state index contributed by atoms with van der Waals surface area (Å²) in [5, 5.41) is 0. The summed E-state index contributed by atoms with van der Waals surface area (Å²) < 4.78 is 10.6. The number of ether oxygens (including phenoxy) is 1. The van der Waals surface area contributed by atoms with E-state index in [0.29, 0.717) is 30.5 Å². The minimum Gasteiger partial charge on any atom is -0.465 e. The van der Waals surface area contributed by atoms with Crippen molar-refractivity contribution >= 4 is 6.29 Å². The molecule has 0 saturated heterocycles. The summed E-state index contributed by atoms with van der Waals surface area (Å²) in [6, 6.07) is 3.33. The van der Waals surface area contributed by atoms with Gasteiger partial charge in [0.15, 0.2) is 12.0 Å². The zero-order valence-corrected chi connectivity index (χ0v) is 8.78. The Hall–Kier alpha value is -1.25. The SMILES string of the molecule is O=Cc1ccc(OCC2CCCCC2)o1.